The highest BCUT2D eigenvalue weighted by atomic mass is 35.5. The fourth-order valence-corrected chi connectivity index (χ4v) is 2.04. The van der Waals surface area contributed by atoms with Crippen LogP contribution in [0.1, 0.15) is 28.4 Å². The molecule has 0 spiro atoms. The summed E-state index contributed by atoms with van der Waals surface area (Å²) in [4.78, 5) is 12.4. The Bertz CT molecular complexity index is 588. The summed E-state index contributed by atoms with van der Waals surface area (Å²) in [5.74, 6) is 0.741. The molecule has 0 radical (unpaired) electrons. The molecule has 3 heteroatoms. The summed E-state index contributed by atoms with van der Waals surface area (Å²) in [7, 11) is 0. The number of hydrogen-bond acceptors (Lipinski definition) is 2. The van der Waals surface area contributed by atoms with Crippen molar-refractivity contribution in [2.45, 2.75) is 13.8 Å². The summed E-state index contributed by atoms with van der Waals surface area (Å²) < 4.78 is 5.36. The molecule has 0 aliphatic carbocycles. The monoisotopic (exact) mass is 274 g/mol. The van der Waals surface area contributed by atoms with E-state index >= 15 is 0 Å². The third-order valence-electron chi connectivity index (χ3n) is 2.87. The molecule has 2 rings (SSSR count). The number of carbonyl (C=O) groups is 1. The smallest absolute Gasteiger partial charge is 0.193 e. The van der Waals surface area contributed by atoms with Crippen molar-refractivity contribution >= 4 is 17.4 Å². The lowest BCUT2D eigenvalue weighted by atomic mass is 9.99. The average Bonchev–Trinajstić information content (AvgIpc) is 2.42. The van der Waals surface area contributed by atoms with Gasteiger partial charge in [0.15, 0.2) is 5.78 Å². The van der Waals surface area contributed by atoms with Gasteiger partial charge in [0, 0.05) is 16.1 Å². The van der Waals surface area contributed by atoms with Gasteiger partial charge in [0.05, 0.1) is 6.61 Å². The fourth-order valence-electron chi connectivity index (χ4n) is 1.86. The SMILES string of the molecule is CCOc1ccc(C(=O)c2cc(Cl)ccc2C)cc1. The second kappa shape index (κ2) is 5.89. The van der Waals surface area contributed by atoms with Gasteiger partial charge < -0.3 is 4.74 Å². The van der Waals surface area contributed by atoms with Gasteiger partial charge in [0.25, 0.3) is 0 Å². The van der Waals surface area contributed by atoms with Crippen LogP contribution in [0.4, 0.5) is 0 Å². The molecule has 0 saturated heterocycles. The minimum Gasteiger partial charge on any atom is -0.494 e. The van der Waals surface area contributed by atoms with Gasteiger partial charge in [-0.2, -0.15) is 0 Å². The molecule has 0 aliphatic heterocycles. The van der Waals surface area contributed by atoms with Gasteiger partial charge in [-0.15, -0.1) is 0 Å². The van der Waals surface area contributed by atoms with Crippen LogP contribution >= 0.6 is 11.6 Å². The molecule has 0 heterocycles. The third-order valence-corrected chi connectivity index (χ3v) is 3.11. The van der Waals surface area contributed by atoms with Crippen molar-refractivity contribution in [3.8, 4) is 5.75 Å². The van der Waals surface area contributed by atoms with E-state index in [1.165, 1.54) is 0 Å². The largest absolute Gasteiger partial charge is 0.494 e. The maximum absolute atomic E-state index is 12.4. The lowest BCUT2D eigenvalue weighted by Crippen LogP contribution is -2.03. The summed E-state index contributed by atoms with van der Waals surface area (Å²) in [6.45, 7) is 4.44. The van der Waals surface area contributed by atoms with Crippen LogP contribution in [-0.4, -0.2) is 12.4 Å². The van der Waals surface area contributed by atoms with Gasteiger partial charge in [-0.25, -0.2) is 0 Å². The molecule has 2 nitrogen and oxygen atoms in total. The fraction of sp³-hybridized carbons (Fsp3) is 0.188. The minimum atomic E-state index is -0.0250. The van der Waals surface area contributed by atoms with E-state index in [0.29, 0.717) is 22.8 Å². The Balaban J connectivity index is 2.30. The maximum atomic E-state index is 12.4. The number of hydrogen-bond donors (Lipinski definition) is 0. The van der Waals surface area contributed by atoms with Crippen LogP contribution in [0.3, 0.4) is 0 Å². The first-order valence-electron chi connectivity index (χ1n) is 6.15. The van der Waals surface area contributed by atoms with Crippen molar-refractivity contribution in [3.05, 3.63) is 64.2 Å². The Morgan fingerprint density at radius 1 is 1.16 bits per heavy atom. The van der Waals surface area contributed by atoms with Gasteiger partial charge in [-0.3, -0.25) is 4.79 Å². The maximum Gasteiger partial charge on any atom is 0.193 e. The molecular weight excluding hydrogens is 260 g/mol. The number of ether oxygens (including phenoxy) is 1. The van der Waals surface area contributed by atoms with Crippen LogP contribution in [0.5, 0.6) is 5.75 Å². The van der Waals surface area contributed by atoms with E-state index < -0.39 is 0 Å². The summed E-state index contributed by atoms with van der Waals surface area (Å²) in [5.41, 5.74) is 2.19. The normalized spacial score (nSPS) is 10.3. The lowest BCUT2D eigenvalue weighted by Gasteiger charge is -2.07. The van der Waals surface area contributed by atoms with Gasteiger partial charge >= 0.3 is 0 Å². The molecule has 19 heavy (non-hydrogen) atoms. The molecule has 0 atom stereocenters. The molecule has 2 aromatic carbocycles. The van der Waals surface area contributed by atoms with E-state index in [1.54, 1.807) is 36.4 Å². The Morgan fingerprint density at radius 3 is 2.47 bits per heavy atom. The number of rotatable bonds is 4. The molecule has 0 aliphatic rings. The summed E-state index contributed by atoms with van der Waals surface area (Å²) in [5, 5.41) is 0.569. The van der Waals surface area contributed by atoms with E-state index in [-0.39, 0.29) is 5.78 Å². The molecule has 0 aromatic heterocycles. The topological polar surface area (TPSA) is 26.3 Å². The zero-order valence-corrected chi connectivity index (χ0v) is 11.7. The first-order valence-corrected chi connectivity index (χ1v) is 6.53. The summed E-state index contributed by atoms with van der Waals surface area (Å²) >= 11 is 5.94. The first kappa shape index (κ1) is 13.6. The summed E-state index contributed by atoms with van der Waals surface area (Å²) in [6.07, 6.45) is 0. The molecule has 0 unspecified atom stereocenters. The third kappa shape index (κ3) is 3.15. The van der Waals surface area contributed by atoms with Crippen LogP contribution in [0.2, 0.25) is 5.02 Å². The zero-order valence-electron chi connectivity index (χ0n) is 10.9. The first-order chi connectivity index (χ1) is 9.11. The minimum absolute atomic E-state index is 0.0250. The Kier molecular flexibility index (Phi) is 4.23. The van der Waals surface area contributed by atoms with Crippen molar-refractivity contribution in [2.75, 3.05) is 6.61 Å². The molecule has 2 aromatic rings. The van der Waals surface area contributed by atoms with E-state index in [1.807, 2.05) is 19.9 Å². The van der Waals surface area contributed by atoms with Crippen molar-refractivity contribution < 1.29 is 9.53 Å². The van der Waals surface area contributed by atoms with Crippen LogP contribution in [0.15, 0.2) is 42.5 Å². The Morgan fingerprint density at radius 2 is 1.84 bits per heavy atom. The van der Waals surface area contributed by atoms with E-state index in [9.17, 15) is 4.79 Å². The Labute approximate surface area is 118 Å². The molecule has 0 bridgehead atoms. The number of aryl methyl sites for hydroxylation is 1. The van der Waals surface area contributed by atoms with Gasteiger partial charge in [-0.1, -0.05) is 17.7 Å². The van der Waals surface area contributed by atoms with Crippen molar-refractivity contribution in [1.29, 1.82) is 0 Å². The van der Waals surface area contributed by atoms with Crippen molar-refractivity contribution in [3.63, 3.8) is 0 Å². The van der Waals surface area contributed by atoms with Crippen molar-refractivity contribution in [1.82, 2.24) is 0 Å². The quantitative estimate of drug-likeness (QED) is 0.778. The zero-order chi connectivity index (χ0) is 13.8. The second-order valence-electron chi connectivity index (χ2n) is 4.25. The predicted octanol–water partition coefficient (Wildman–Crippen LogP) is 4.28. The molecule has 0 saturated carbocycles. The summed E-state index contributed by atoms with van der Waals surface area (Å²) in [6, 6.07) is 12.5. The van der Waals surface area contributed by atoms with Crippen LogP contribution in [-0.2, 0) is 0 Å². The molecule has 0 amide bonds. The van der Waals surface area contributed by atoms with E-state index in [4.69, 9.17) is 16.3 Å². The molecule has 0 N–H and O–H groups in total. The molecule has 98 valence electrons. The highest BCUT2D eigenvalue weighted by molar-refractivity contribution is 6.31. The van der Waals surface area contributed by atoms with E-state index in [2.05, 4.69) is 0 Å². The molecular formula is C16H15ClO2. The number of carbonyl (C=O) groups excluding carboxylic acids is 1. The lowest BCUT2D eigenvalue weighted by molar-refractivity contribution is 0.103. The van der Waals surface area contributed by atoms with Gasteiger partial charge in [-0.05, 0) is 55.8 Å². The molecule has 0 fully saturated rings. The van der Waals surface area contributed by atoms with Gasteiger partial charge in [0.2, 0.25) is 0 Å². The van der Waals surface area contributed by atoms with Crippen molar-refractivity contribution in [2.24, 2.45) is 0 Å². The number of benzene rings is 2. The number of halogens is 1. The predicted molar refractivity (Wildman–Crippen MR) is 77.2 cm³/mol. The second-order valence-corrected chi connectivity index (χ2v) is 4.68. The van der Waals surface area contributed by atoms with Crippen LogP contribution in [0.25, 0.3) is 0 Å². The van der Waals surface area contributed by atoms with E-state index in [0.717, 1.165) is 11.3 Å². The number of ketones is 1. The standard InChI is InChI=1S/C16H15ClO2/c1-3-19-14-8-5-12(6-9-14)16(18)15-10-13(17)7-4-11(15)2/h4-10H,3H2,1-2H3. The Hall–Kier alpha value is -1.80. The van der Waals surface area contributed by atoms with Crippen LogP contribution < -0.4 is 4.74 Å². The van der Waals surface area contributed by atoms with Crippen LogP contribution in [0, 0.1) is 6.92 Å². The highest BCUT2D eigenvalue weighted by Crippen LogP contribution is 2.20. The van der Waals surface area contributed by atoms with Gasteiger partial charge in [0.1, 0.15) is 5.75 Å². The average molecular weight is 275 g/mol. The highest BCUT2D eigenvalue weighted by Gasteiger charge is 2.12.